The maximum atomic E-state index is 12.5. The molecule has 2 aromatic heterocycles. The highest BCUT2D eigenvalue weighted by Gasteiger charge is 2.28. The molecule has 0 bridgehead atoms. The average Bonchev–Trinajstić information content (AvgIpc) is 3.43. The quantitative estimate of drug-likeness (QED) is 0.689. The second-order valence-electron chi connectivity index (χ2n) is 6.43. The standard InChI is InChI=1S/C20H20N4O3/c1-2-26-17-10-9-15(12-21-17)20(25)22-16-6-4-3-5-14(16)11-18-23-19(24-27-18)13-7-8-13/h3-6,9-10,12-13H,2,7-8,11H2,1H3,(H,22,25). The van der Waals surface area contributed by atoms with Gasteiger partial charge in [0, 0.05) is 23.9 Å². The highest BCUT2D eigenvalue weighted by Crippen LogP contribution is 2.38. The number of rotatable bonds is 7. The van der Waals surface area contributed by atoms with Gasteiger partial charge in [0.25, 0.3) is 5.91 Å². The summed E-state index contributed by atoms with van der Waals surface area (Å²) >= 11 is 0. The molecule has 4 rings (SSSR count). The lowest BCUT2D eigenvalue weighted by atomic mass is 10.1. The molecule has 0 spiro atoms. The van der Waals surface area contributed by atoms with E-state index in [0.29, 0.717) is 42.0 Å². The first kappa shape index (κ1) is 17.2. The minimum Gasteiger partial charge on any atom is -0.478 e. The Labute approximate surface area is 156 Å². The van der Waals surface area contributed by atoms with E-state index < -0.39 is 0 Å². The van der Waals surface area contributed by atoms with Gasteiger partial charge in [-0.25, -0.2) is 4.98 Å². The van der Waals surface area contributed by atoms with Crippen LogP contribution in [0.3, 0.4) is 0 Å². The number of hydrogen-bond acceptors (Lipinski definition) is 6. The smallest absolute Gasteiger partial charge is 0.257 e. The van der Waals surface area contributed by atoms with Crippen LogP contribution in [0.4, 0.5) is 5.69 Å². The van der Waals surface area contributed by atoms with Gasteiger partial charge in [-0.3, -0.25) is 4.79 Å². The first-order valence-electron chi connectivity index (χ1n) is 9.03. The lowest BCUT2D eigenvalue weighted by Crippen LogP contribution is -2.14. The second kappa shape index (κ2) is 7.57. The Morgan fingerprint density at radius 1 is 1.26 bits per heavy atom. The van der Waals surface area contributed by atoms with Crippen LogP contribution >= 0.6 is 0 Å². The second-order valence-corrected chi connectivity index (χ2v) is 6.43. The molecule has 7 heteroatoms. The first-order chi connectivity index (χ1) is 13.2. The summed E-state index contributed by atoms with van der Waals surface area (Å²) in [6.45, 7) is 2.42. The zero-order valence-electron chi connectivity index (χ0n) is 15.0. The van der Waals surface area contributed by atoms with Gasteiger partial charge in [0.2, 0.25) is 11.8 Å². The maximum Gasteiger partial charge on any atom is 0.257 e. The summed E-state index contributed by atoms with van der Waals surface area (Å²) in [6, 6.07) is 11.0. The Kier molecular flexibility index (Phi) is 4.82. The molecular weight excluding hydrogens is 344 g/mol. The SMILES string of the molecule is CCOc1ccc(C(=O)Nc2ccccc2Cc2nc(C3CC3)no2)cn1. The van der Waals surface area contributed by atoms with E-state index in [1.165, 1.54) is 6.20 Å². The lowest BCUT2D eigenvalue weighted by Gasteiger charge is -2.10. The number of carbonyl (C=O) groups excluding carboxylic acids is 1. The fourth-order valence-corrected chi connectivity index (χ4v) is 2.75. The molecule has 138 valence electrons. The molecule has 1 saturated carbocycles. The number of anilines is 1. The Morgan fingerprint density at radius 3 is 2.85 bits per heavy atom. The first-order valence-corrected chi connectivity index (χ1v) is 9.03. The van der Waals surface area contributed by atoms with Crippen molar-refractivity contribution in [3.8, 4) is 5.88 Å². The minimum absolute atomic E-state index is 0.234. The van der Waals surface area contributed by atoms with E-state index in [4.69, 9.17) is 9.26 Å². The van der Waals surface area contributed by atoms with Gasteiger partial charge in [-0.1, -0.05) is 23.4 Å². The van der Waals surface area contributed by atoms with Crippen molar-refractivity contribution in [1.29, 1.82) is 0 Å². The number of aromatic nitrogens is 3. The van der Waals surface area contributed by atoms with E-state index >= 15 is 0 Å². The van der Waals surface area contributed by atoms with Crippen LogP contribution in [-0.2, 0) is 6.42 Å². The van der Waals surface area contributed by atoms with Crippen molar-refractivity contribution in [2.45, 2.75) is 32.1 Å². The normalized spacial score (nSPS) is 13.4. The third kappa shape index (κ3) is 4.13. The minimum atomic E-state index is -0.234. The molecule has 3 aromatic rings. The number of nitrogens with zero attached hydrogens (tertiary/aromatic N) is 3. The monoisotopic (exact) mass is 364 g/mol. The van der Waals surface area contributed by atoms with Gasteiger partial charge in [0.15, 0.2) is 5.82 Å². The molecular formula is C20H20N4O3. The van der Waals surface area contributed by atoms with Gasteiger partial charge in [-0.05, 0) is 37.5 Å². The van der Waals surface area contributed by atoms with Crippen molar-refractivity contribution < 1.29 is 14.1 Å². The van der Waals surface area contributed by atoms with Crippen LogP contribution < -0.4 is 10.1 Å². The third-order valence-corrected chi connectivity index (χ3v) is 4.32. The summed E-state index contributed by atoms with van der Waals surface area (Å²) in [7, 11) is 0. The molecule has 27 heavy (non-hydrogen) atoms. The summed E-state index contributed by atoms with van der Waals surface area (Å²) in [5.41, 5.74) is 2.08. The van der Waals surface area contributed by atoms with Gasteiger partial charge in [0.05, 0.1) is 18.6 Å². The van der Waals surface area contributed by atoms with Crippen LogP contribution in [0.25, 0.3) is 0 Å². The van der Waals surface area contributed by atoms with E-state index in [9.17, 15) is 4.79 Å². The van der Waals surface area contributed by atoms with Crippen LogP contribution in [-0.4, -0.2) is 27.6 Å². The van der Waals surface area contributed by atoms with Crippen molar-refractivity contribution >= 4 is 11.6 Å². The largest absolute Gasteiger partial charge is 0.478 e. The van der Waals surface area contributed by atoms with E-state index in [1.54, 1.807) is 12.1 Å². The molecule has 1 amide bonds. The molecule has 0 atom stereocenters. The van der Waals surface area contributed by atoms with Crippen LogP contribution in [0.15, 0.2) is 47.1 Å². The van der Waals surface area contributed by atoms with Crippen LogP contribution in [0.1, 0.15) is 53.3 Å². The fourth-order valence-electron chi connectivity index (χ4n) is 2.75. The molecule has 2 heterocycles. The van der Waals surface area contributed by atoms with Gasteiger partial charge in [-0.15, -0.1) is 0 Å². The van der Waals surface area contributed by atoms with Gasteiger partial charge in [-0.2, -0.15) is 4.98 Å². The number of para-hydroxylation sites is 1. The summed E-state index contributed by atoms with van der Waals surface area (Å²) in [5, 5.41) is 6.97. The van der Waals surface area contributed by atoms with Crippen molar-refractivity contribution in [3.63, 3.8) is 0 Å². The number of ether oxygens (including phenoxy) is 1. The number of pyridine rings is 1. The molecule has 0 unspecified atom stereocenters. The van der Waals surface area contributed by atoms with Crippen molar-refractivity contribution in [2.24, 2.45) is 0 Å². The van der Waals surface area contributed by atoms with Crippen LogP contribution in [0.5, 0.6) is 5.88 Å². The highest BCUT2D eigenvalue weighted by atomic mass is 16.5. The van der Waals surface area contributed by atoms with E-state index in [1.807, 2.05) is 31.2 Å². The van der Waals surface area contributed by atoms with Gasteiger partial charge < -0.3 is 14.6 Å². The molecule has 7 nitrogen and oxygen atoms in total. The summed E-state index contributed by atoms with van der Waals surface area (Å²) < 4.78 is 10.7. The molecule has 0 saturated heterocycles. The van der Waals surface area contributed by atoms with E-state index in [0.717, 1.165) is 24.2 Å². The molecule has 1 N–H and O–H groups in total. The Bertz CT molecular complexity index is 932. The summed E-state index contributed by atoms with van der Waals surface area (Å²) in [4.78, 5) is 21.1. The van der Waals surface area contributed by atoms with Crippen molar-refractivity contribution in [3.05, 3.63) is 65.4 Å². The van der Waals surface area contributed by atoms with E-state index in [2.05, 4.69) is 20.4 Å². The van der Waals surface area contributed by atoms with Crippen LogP contribution in [0, 0.1) is 0 Å². The van der Waals surface area contributed by atoms with E-state index in [-0.39, 0.29) is 5.91 Å². The Balaban J connectivity index is 1.47. The molecule has 0 radical (unpaired) electrons. The molecule has 1 fully saturated rings. The summed E-state index contributed by atoms with van der Waals surface area (Å²) in [6.07, 6.45) is 4.23. The predicted octanol–water partition coefficient (Wildman–Crippen LogP) is 3.58. The van der Waals surface area contributed by atoms with Gasteiger partial charge >= 0.3 is 0 Å². The highest BCUT2D eigenvalue weighted by molar-refractivity contribution is 6.04. The van der Waals surface area contributed by atoms with Crippen molar-refractivity contribution in [2.75, 3.05) is 11.9 Å². The fraction of sp³-hybridized carbons (Fsp3) is 0.300. The predicted molar refractivity (Wildman–Crippen MR) is 98.9 cm³/mol. The number of benzene rings is 1. The summed E-state index contributed by atoms with van der Waals surface area (Å²) in [5.74, 6) is 2.05. The molecule has 1 aromatic carbocycles. The number of hydrogen-bond donors (Lipinski definition) is 1. The zero-order valence-corrected chi connectivity index (χ0v) is 15.0. The number of carbonyl (C=O) groups is 1. The number of amides is 1. The van der Waals surface area contributed by atoms with Gasteiger partial charge in [0.1, 0.15) is 0 Å². The number of nitrogens with one attached hydrogen (secondary N) is 1. The zero-order chi connectivity index (χ0) is 18.6. The lowest BCUT2D eigenvalue weighted by molar-refractivity contribution is 0.102. The average molecular weight is 364 g/mol. The Hall–Kier alpha value is -3.22. The molecule has 1 aliphatic carbocycles. The Morgan fingerprint density at radius 2 is 2.11 bits per heavy atom. The maximum absolute atomic E-state index is 12.5. The molecule has 1 aliphatic rings. The third-order valence-electron chi connectivity index (χ3n) is 4.32. The molecule has 0 aliphatic heterocycles. The topological polar surface area (TPSA) is 90.1 Å². The van der Waals surface area contributed by atoms with Crippen molar-refractivity contribution in [1.82, 2.24) is 15.1 Å². The van der Waals surface area contributed by atoms with Crippen LogP contribution in [0.2, 0.25) is 0 Å².